The number of carbonyl (C=O) groups is 1. The molecule has 0 heterocycles. The molecule has 0 aromatic heterocycles. The highest BCUT2D eigenvalue weighted by atomic mass is 79.9. The fourth-order valence-electron chi connectivity index (χ4n) is 0.678. The van der Waals surface area contributed by atoms with Crippen molar-refractivity contribution in [2.24, 2.45) is 5.92 Å². The molecule has 0 aromatic carbocycles. The van der Waals surface area contributed by atoms with Crippen molar-refractivity contribution in [3.05, 3.63) is 0 Å². The largest absolute Gasteiger partial charge is 0.358 e. The van der Waals surface area contributed by atoms with Gasteiger partial charge in [-0.05, 0) is 12.3 Å². The van der Waals surface area contributed by atoms with E-state index in [0.717, 1.165) is 6.42 Å². The molecule has 1 unspecified atom stereocenters. The van der Waals surface area contributed by atoms with Gasteiger partial charge >= 0.3 is 0 Å². The van der Waals surface area contributed by atoms with Gasteiger partial charge in [-0.15, -0.1) is 0 Å². The molecule has 10 heavy (non-hydrogen) atoms. The van der Waals surface area contributed by atoms with Crippen molar-refractivity contribution in [1.82, 2.24) is 5.32 Å². The van der Waals surface area contributed by atoms with Crippen molar-refractivity contribution in [2.45, 2.75) is 25.1 Å². The summed E-state index contributed by atoms with van der Waals surface area (Å²) in [6.45, 7) is 4.19. The highest BCUT2D eigenvalue weighted by molar-refractivity contribution is 9.10. The summed E-state index contributed by atoms with van der Waals surface area (Å²) in [5.41, 5.74) is 0. The normalized spacial score (nSPS) is 13.3. The average Bonchev–Trinajstić information content (AvgIpc) is 1.85. The zero-order valence-corrected chi connectivity index (χ0v) is 8.23. The van der Waals surface area contributed by atoms with Crippen LogP contribution in [0, 0.1) is 5.92 Å². The first-order chi connectivity index (χ1) is 4.57. The Morgan fingerprint density at radius 3 is 2.40 bits per heavy atom. The molecule has 0 aliphatic carbocycles. The van der Waals surface area contributed by atoms with E-state index in [1.165, 1.54) is 0 Å². The van der Waals surface area contributed by atoms with Gasteiger partial charge in [0.25, 0.3) is 0 Å². The second kappa shape index (κ2) is 4.72. The molecule has 0 fully saturated rings. The molecule has 0 radical (unpaired) electrons. The Hall–Kier alpha value is -0.0500. The van der Waals surface area contributed by atoms with E-state index in [-0.39, 0.29) is 10.7 Å². The highest BCUT2D eigenvalue weighted by Gasteiger charge is 2.13. The van der Waals surface area contributed by atoms with Crippen molar-refractivity contribution < 1.29 is 4.79 Å². The van der Waals surface area contributed by atoms with E-state index < -0.39 is 0 Å². The third-order valence-corrected chi connectivity index (χ3v) is 2.00. The number of nitrogens with one attached hydrogen (secondary N) is 1. The number of halogens is 1. The van der Waals surface area contributed by atoms with Gasteiger partial charge in [0.05, 0.1) is 4.83 Å². The van der Waals surface area contributed by atoms with Crippen LogP contribution in [0.15, 0.2) is 0 Å². The lowest BCUT2D eigenvalue weighted by Gasteiger charge is -2.09. The van der Waals surface area contributed by atoms with Crippen LogP contribution in [-0.4, -0.2) is 17.8 Å². The molecule has 0 spiro atoms. The molecule has 0 aliphatic heterocycles. The van der Waals surface area contributed by atoms with Crippen LogP contribution in [0.25, 0.3) is 0 Å². The zero-order chi connectivity index (χ0) is 8.15. The molecule has 0 saturated heterocycles. The monoisotopic (exact) mass is 207 g/mol. The van der Waals surface area contributed by atoms with Gasteiger partial charge in [0, 0.05) is 7.05 Å². The fourth-order valence-corrected chi connectivity index (χ4v) is 1.65. The number of amides is 1. The van der Waals surface area contributed by atoms with Gasteiger partial charge in [0.1, 0.15) is 0 Å². The first-order valence-electron chi connectivity index (χ1n) is 3.43. The quantitative estimate of drug-likeness (QED) is 0.700. The van der Waals surface area contributed by atoms with Crippen molar-refractivity contribution in [1.29, 1.82) is 0 Å². The number of hydrogen-bond donors (Lipinski definition) is 1. The summed E-state index contributed by atoms with van der Waals surface area (Å²) in [5, 5.41) is 2.58. The van der Waals surface area contributed by atoms with Crippen molar-refractivity contribution in [3.8, 4) is 0 Å². The summed E-state index contributed by atoms with van der Waals surface area (Å²) in [7, 11) is 1.65. The summed E-state index contributed by atoms with van der Waals surface area (Å²) >= 11 is 3.29. The Morgan fingerprint density at radius 1 is 1.60 bits per heavy atom. The standard InChI is InChI=1S/C7H14BrNO/c1-5(2)4-6(8)7(10)9-3/h5-6H,4H2,1-3H3,(H,9,10). The van der Waals surface area contributed by atoms with E-state index in [1.807, 2.05) is 0 Å². The molecule has 0 bridgehead atoms. The Labute approximate surface area is 70.5 Å². The van der Waals surface area contributed by atoms with Crippen LogP contribution in [0.4, 0.5) is 0 Å². The van der Waals surface area contributed by atoms with Gasteiger partial charge in [0.2, 0.25) is 5.91 Å². The highest BCUT2D eigenvalue weighted by Crippen LogP contribution is 2.11. The van der Waals surface area contributed by atoms with E-state index in [1.54, 1.807) is 7.05 Å². The molecule has 1 atom stereocenters. The van der Waals surface area contributed by atoms with E-state index in [0.29, 0.717) is 5.92 Å². The smallest absolute Gasteiger partial charge is 0.233 e. The Kier molecular flexibility index (Phi) is 4.69. The summed E-state index contributed by atoms with van der Waals surface area (Å²) in [6, 6.07) is 0. The van der Waals surface area contributed by atoms with Gasteiger partial charge in [-0.25, -0.2) is 0 Å². The molecule has 1 amide bonds. The Balaban J connectivity index is 3.61. The van der Waals surface area contributed by atoms with Crippen LogP contribution in [0.3, 0.4) is 0 Å². The van der Waals surface area contributed by atoms with Crippen LogP contribution < -0.4 is 5.32 Å². The van der Waals surface area contributed by atoms with Crippen LogP contribution in [-0.2, 0) is 4.79 Å². The van der Waals surface area contributed by atoms with Crippen molar-refractivity contribution >= 4 is 21.8 Å². The Bertz CT molecular complexity index is 114. The fraction of sp³-hybridized carbons (Fsp3) is 0.857. The average molecular weight is 208 g/mol. The minimum atomic E-state index is -0.0301. The molecule has 0 rings (SSSR count). The molecular formula is C7H14BrNO. The zero-order valence-electron chi connectivity index (χ0n) is 6.65. The van der Waals surface area contributed by atoms with Gasteiger partial charge in [-0.1, -0.05) is 29.8 Å². The van der Waals surface area contributed by atoms with Crippen molar-refractivity contribution in [3.63, 3.8) is 0 Å². The molecule has 0 aromatic rings. The van der Waals surface area contributed by atoms with Gasteiger partial charge in [-0.3, -0.25) is 4.79 Å². The van der Waals surface area contributed by atoms with Crippen LogP contribution in [0.5, 0.6) is 0 Å². The van der Waals surface area contributed by atoms with E-state index >= 15 is 0 Å². The van der Waals surface area contributed by atoms with Crippen molar-refractivity contribution in [2.75, 3.05) is 7.05 Å². The number of carbonyl (C=O) groups excluding carboxylic acids is 1. The molecule has 0 aliphatic rings. The number of hydrogen-bond acceptors (Lipinski definition) is 1. The molecule has 3 heteroatoms. The minimum absolute atomic E-state index is 0.0301. The summed E-state index contributed by atoms with van der Waals surface area (Å²) in [5.74, 6) is 0.621. The SMILES string of the molecule is CNC(=O)C(Br)CC(C)C. The molecule has 1 N–H and O–H groups in total. The third kappa shape index (κ3) is 3.88. The van der Waals surface area contributed by atoms with E-state index in [2.05, 4.69) is 35.1 Å². The predicted octanol–water partition coefficient (Wildman–Crippen LogP) is 1.54. The lowest BCUT2D eigenvalue weighted by atomic mass is 10.1. The Morgan fingerprint density at radius 2 is 2.10 bits per heavy atom. The second-order valence-electron chi connectivity index (χ2n) is 2.71. The maximum absolute atomic E-state index is 10.9. The summed E-state index contributed by atoms with van der Waals surface area (Å²) < 4.78 is 0. The first-order valence-corrected chi connectivity index (χ1v) is 4.35. The molecule has 2 nitrogen and oxygen atoms in total. The van der Waals surface area contributed by atoms with E-state index in [9.17, 15) is 4.79 Å². The third-order valence-electron chi connectivity index (χ3n) is 1.21. The number of alkyl halides is 1. The predicted molar refractivity (Wildman–Crippen MR) is 46.2 cm³/mol. The molecule has 0 saturated carbocycles. The maximum atomic E-state index is 10.9. The lowest BCUT2D eigenvalue weighted by molar-refractivity contribution is -0.120. The molecule has 60 valence electrons. The maximum Gasteiger partial charge on any atom is 0.233 e. The minimum Gasteiger partial charge on any atom is -0.358 e. The van der Waals surface area contributed by atoms with Crippen LogP contribution in [0.2, 0.25) is 0 Å². The van der Waals surface area contributed by atoms with Crippen LogP contribution >= 0.6 is 15.9 Å². The van der Waals surface area contributed by atoms with E-state index in [4.69, 9.17) is 0 Å². The summed E-state index contributed by atoms with van der Waals surface area (Å²) in [4.78, 5) is 10.9. The van der Waals surface area contributed by atoms with Gasteiger partial charge in [-0.2, -0.15) is 0 Å². The summed E-state index contributed by atoms with van der Waals surface area (Å²) in [6.07, 6.45) is 0.889. The first kappa shape index (κ1) is 9.95. The van der Waals surface area contributed by atoms with Gasteiger partial charge in [0.15, 0.2) is 0 Å². The topological polar surface area (TPSA) is 29.1 Å². The lowest BCUT2D eigenvalue weighted by Crippen LogP contribution is -2.28. The number of rotatable bonds is 3. The molecular weight excluding hydrogens is 194 g/mol. The van der Waals surface area contributed by atoms with Crippen LogP contribution in [0.1, 0.15) is 20.3 Å². The van der Waals surface area contributed by atoms with Gasteiger partial charge < -0.3 is 5.32 Å². The second-order valence-corrected chi connectivity index (χ2v) is 3.82.